The molecule has 1 aromatic carbocycles. The zero-order valence-corrected chi connectivity index (χ0v) is 12.7. The zero-order chi connectivity index (χ0) is 15.0. The van der Waals surface area contributed by atoms with E-state index >= 15 is 0 Å². The summed E-state index contributed by atoms with van der Waals surface area (Å²) in [4.78, 5) is 11.4. The lowest BCUT2D eigenvalue weighted by Crippen LogP contribution is -2.11. The molecule has 0 unspecified atom stereocenters. The van der Waals surface area contributed by atoms with Crippen molar-refractivity contribution in [1.82, 2.24) is 0 Å². The molecule has 1 fully saturated rings. The van der Waals surface area contributed by atoms with Crippen LogP contribution in [0.1, 0.15) is 24.8 Å². The van der Waals surface area contributed by atoms with Crippen molar-refractivity contribution in [1.29, 1.82) is 0 Å². The van der Waals surface area contributed by atoms with Crippen LogP contribution in [-0.4, -0.2) is 16.8 Å². The van der Waals surface area contributed by atoms with E-state index in [0.717, 1.165) is 25.0 Å². The van der Waals surface area contributed by atoms with E-state index in [9.17, 15) is 18.0 Å². The molecule has 20 heavy (non-hydrogen) atoms. The molecule has 1 saturated carbocycles. The highest BCUT2D eigenvalue weighted by atomic mass is 79.9. The lowest BCUT2D eigenvalue weighted by Gasteiger charge is -2.14. The number of aliphatic carboxylic acids is 1. The summed E-state index contributed by atoms with van der Waals surface area (Å²) in [6, 6.07) is 3.53. The average molecular weight is 369 g/mol. The lowest BCUT2D eigenvalue weighted by atomic mass is 10.1. The third-order valence-electron chi connectivity index (χ3n) is 3.28. The van der Waals surface area contributed by atoms with E-state index in [0.29, 0.717) is 15.1 Å². The first-order valence-corrected chi connectivity index (χ1v) is 7.71. The highest BCUT2D eigenvalue weighted by Gasteiger charge is 2.44. The summed E-state index contributed by atoms with van der Waals surface area (Å²) in [5.41, 5.74) is -0.876. The maximum atomic E-state index is 12.5. The van der Waals surface area contributed by atoms with E-state index in [4.69, 9.17) is 5.11 Å². The van der Waals surface area contributed by atoms with E-state index < -0.39 is 17.7 Å². The summed E-state index contributed by atoms with van der Waals surface area (Å²) >= 11 is 4.54. The van der Waals surface area contributed by atoms with Crippen molar-refractivity contribution >= 4 is 33.7 Å². The predicted molar refractivity (Wildman–Crippen MR) is 73.8 cm³/mol. The van der Waals surface area contributed by atoms with Gasteiger partial charge in [-0.25, -0.2) is 0 Å². The molecule has 0 atom stereocenters. The Kier molecular flexibility index (Phi) is 4.39. The number of carboxylic acids is 1. The second-order valence-corrected chi connectivity index (χ2v) is 6.87. The van der Waals surface area contributed by atoms with Crippen LogP contribution < -0.4 is 0 Å². The second-order valence-electron chi connectivity index (χ2n) is 5.00. The van der Waals surface area contributed by atoms with Crippen LogP contribution in [0.15, 0.2) is 27.6 Å². The Morgan fingerprint density at radius 3 is 2.50 bits per heavy atom. The van der Waals surface area contributed by atoms with Crippen LogP contribution in [0.3, 0.4) is 0 Å². The Morgan fingerprint density at radius 1 is 1.40 bits per heavy atom. The molecule has 0 spiro atoms. The molecule has 1 N–H and O–H groups in total. The number of halogens is 4. The minimum Gasteiger partial charge on any atom is -0.481 e. The Bertz CT molecular complexity index is 527. The van der Waals surface area contributed by atoms with Crippen molar-refractivity contribution < 1.29 is 23.1 Å². The SMILES string of the molecule is O=C(O)CC1(CSc2ccc(C(F)(F)F)cc2Br)CC1. The highest BCUT2D eigenvalue weighted by molar-refractivity contribution is 9.10. The van der Waals surface area contributed by atoms with Gasteiger partial charge in [-0.15, -0.1) is 11.8 Å². The summed E-state index contributed by atoms with van der Waals surface area (Å²) in [7, 11) is 0. The zero-order valence-electron chi connectivity index (χ0n) is 10.3. The molecule has 0 amide bonds. The number of rotatable bonds is 5. The predicted octanol–water partition coefficient (Wildman–Crippen LogP) is 4.81. The number of thioether (sulfide) groups is 1. The molecule has 0 radical (unpaired) electrons. The minimum absolute atomic E-state index is 0.123. The van der Waals surface area contributed by atoms with Gasteiger partial charge in [-0.05, 0) is 52.4 Å². The Hall–Kier alpha value is -0.690. The van der Waals surface area contributed by atoms with Gasteiger partial charge in [0, 0.05) is 15.1 Å². The standard InChI is InChI=1S/C13H12BrF3O2S/c14-9-5-8(13(15,16)17)1-2-10(9)20-7-12(3-4-12)6-11(18)19/h1-2,5H,3-4,6-7H2,(H,18,19). The van der Waals surface area contributed by atoms with Crippen molar-refractivity contribution in [2.24, 2.45) is 5.41 Å². The maximum absolute atomic E-state index is 12.5. The third-order valence-corrected chi connectivity index (χ3v) is 5.62. The van der Waals surface area contributed by atoms with Gasteiger partial charge >= 0.3 is 12.1 Å². The van der Waals surface area contributed by atoms with E-state index in [2.05, 4.69) is 15.9 Å². The molecule has 1 aliphatic carbocycles. The quantitative estimate of drug-likeness (QED) is 0.757. The van der Waals surface area contributed by atoms with Gasteiger partial charge in [0.25, 0.3) is 0 Å². The normalized spacial score (nSPS) is 17.0. The van der Waals surface area contributed by atoms with E-state index in [-0.39, 0.29) is 11.8 Å². The number of benzene rings is 1. The Labute approximate surface area is 126 Å². The number of carbonyl (C=O) groups is 1. The van der Waals surface area contributed by atoms with Crippen molar-refractivity contribution in [3.05, 3.63) is 28.2 Å². The Balaban J connectivity index is 2.02. The molecule has 0 bridgehead atoms. The fraction of sp³-hybridized carbons (Fsp3) is 0.462. The first-order valence-electron chi connectivity index (χ1n) is 5.93. The first-order chi connectivity index (χ1) is 9.22. The van der Waals surface area contributed by atoms with Gasteiger partial charge in [-0.3, -0.25) is 4.79 Å². The van der Waals surface area contributed by atoms with Gasteiger partial charge in [0.2, 0.25) is 0 Å². The number of hydrogen-bond acceptors (Lipinski definition) is 2. The van der Waals surface area contributed by atoms with E-state index in [1.807, 2.05) is 0 Å². The van der Waals surface area contributed by atoms with Gasteiger partial charge in [0.15, 0.2) is 0 Å². The summed E-state index contributed by atoms with van der Waals surface area (Å²) < 4.78 is 38.0. The molecule has 0 saturated heterocycles. The number of alkyl halides is 3. The summed E-state index contributed by atoms with van der Waals surface area (Å²) in [6.45, 7) is 0. The van der Waals surface area contributed by atoms with Gasteiger partial charge < -0.3 is 5.11 Å². The van der Waals surface area contributed by atoms with Crippen LogP contribution in [0.4, 0.5) is 13.2 Å². The molecule has 110 valence electrons. The molecule has 7 heteroatoms. The first kappa shape index (κ1) is 15.7. The fourth-order valence-electron chi connectivity index (χ4n) is 1.89. The van der Waals surface area contributed by atoms with Crippen molar-refractivity contribution in [3.8, 4) is 0 Å². The minimum atomic E-state index is -4.35. The van der Waals surface area contributed by atoms with Gasteiger partial charge in [-0.1, -0.05) is 0 Å². The van der Waals surface area contributed by atoms with Gasteiger partial charge in [0.1, 0.15) is 0 Å². The molecule has 1 aliphatic rings. The molecule has 2 nitrogen and oxygen atoms in total. The van der Waals surface area contributed by atoms with E-state index in [1.54, 1.807) is 0 Å². The Morgan fingerprint density at radius 2 is 2.05 bits per heavy atom. The molecule has 0 heterocycles. The van der Waals surface area contributed by atoms with E-state index in [1.165, 1.54) is 17.8 Å². The van der Waals surface area contributed by atoms with Crippen molar-refractivity contribution in [3.63, 3.8) is 0 Å². The average Bonchev–Trinajstić information content (AvgIpc) is 3.05. The molecular weight excluding hydrogens is 357 g/mol. The smallest absolute Gasteiger partial charge is 0.416 e. The maximum Gasteiger partial charge on any atom is 0.416 e. The lowest BCUT2D eigenvalue weighted by molar-refractivity contribution is -0.138. The van der Waals surface area contributed by atoms with Crippen LogP contribution in [0.25, 0.3) is 0 Å². The highest BCUT2D eigenvalue weighted by Crippen LogP contribution is 2.52. The number of carboxylic acid groups (broad SMARTS) is 1. The molecule has 1 aromatic rings. The fourth-order valence-corrected chi connectivity index (χ4v) is 3.83. The van der Waals surface area contributed by atoms with Crippen LogP contribution in [0.2, 0.25) is 0 Å². The third kappa shape index (κ3) is 3.91. The topological polar surface area (TPSA) is 37.3 Å². The molecule has 0 aromatic heterocycles. The summed E-state index contributed by atoms with van der Waals surface area (Å²) in [5, 5.41) is 8.82. The molecule has 0 aliphatic heterocycles. The number of hydrogen-bond donors (Lipinski definition) is 1. The van der Waals surface area contributed by atoms with Crippen molar-refractivity contribution in [2.75, 3.05) is 5.75 Å². The van der Waals surface area contributed by atoms with Gasteiger partial charge in [0.05, 0.1) is 12.0 Å². The van der Waals surface area contributed by atoms with Gasteiger partial charge in [-0.2, -0.15) is 13.2 Å². The summed E-state index contributed by atoms with van der Waals surface area (Å²) in [6.07, 6.45) is -2.50. The van der Waals surface area contributed by atoms with Crippen LogP contribution in [0, 0.1) is 5.41 Å². The van der Waals surface area contributed by atoms with Crippen molar-refractivity contribution in [2.45, 2.75) is 30.3 Å². The largest absolute Gasteiger partial charge is 0.481 e. The summed E-state index contributed by atoms with van der Waals surface area (Å²) in [5.74, 6) is -0.210. The molecule has 2 rings (SSSR count). The van der Waals surface area contributed by atoms with Crippen LogP contribution in [0.5, 0.6) is 0 Å². The second kappa shape index (κ2) is 5.60. The van der Waals surface area contributed by atoms with Crippen LogP contribution >= 0.6 is 27.7 Å². The molecular formula is C13H12BrF3O2S. The van der Waals surface area contributed by atoms with Crippen LogP contribution in [-0.2, 0) is 11.0 Å². The monoisotopic (exact) mass is 368 g/mol.